The maximum absolute atomic E-state index is 14.4. The number of halogens is 3. The lowest BCUT2D eigenvalue weighted by Gasteiger charge is -2.36. The summed E-state index contributed by atoms with van der Waals surface area (Å²) in [6, 6.07) is 22.4. The minimum absolute atomic E-state index is 0.104. The van der Waals surface area contributed by atoms with E-state index in [2.05, 4.69) is 10.3 Å². The molecule has 0 fully saturated rings. The van der Waals surface area contributed by atoms with E-state index in [4.69, 9.17) is 0 Å². The molecular weight excluding hydrogens is 381 g/mol. The van der Waals surface area contributed by atoms with Gasteiger partial charge in [0.25, 0.3) is 0 Å². The number of benzene rings is 3. The van der Waals surface area contributed by atoms with Crippen molar-refractivity contribution in [2.75, 3.05) is 5.32 Å². The van der Waals surface area contributed by atoms with Crippen molar-refractivity contribution < 1.29 is 13.2 Å². The number of para-hydroxylation sites is 1. The van der Waals surface area contributed by atoms with Gasteiger partial charge in [0.15, 0.2) is 0 Å². The van der Waals surface area contributed by atoms with E-state index in [1.807, 2.05) is 37.3 Å². The first kappa shape index (κ1) is 18.6. The maximum atomic E-state index is 14.4. The van der Waals surface area contributed by atoms with Crippen molar-refractivity contribution in [1.29, 1.82) is 0 Å². The van der Waals surface area contributed by atoms with Crippen molar-refractivity contribution >= 4 is 23.3 Å². The highest BCUT2D eigenvalue weighted by Gasteiger charge is 2.59. The van der Waals surface area contributed by atoms with Crippen LogP contribution in [0.15, 0.2) is 88.8 Å². The van der Waals surface area contributed by atoms with Crippen LogP contribution in [0.2, 0.25) is 0 Å². The van der Waals surface area contributed by atoms with Crippen LogP contribution in [-0.4, -0.2) is 12.0 Å². The average molecular weight is 398 g/mol. The summed E-state index contributed by atoms with van der Waals surface area (Å²) >= 11 is 0.740. The van der Waals surface area contributed by atoms with Gasteiger partial charge in [-0.1, -0.05) is 66.4 Å². The van der Waals surface area contributed by atoms with Crippen LogP contribution in [0, 0.1) is 6.92 Å². The molecule has 0 saturated carbocycles. The van der Waals surface area contributed by atoms with E-state index < -0.39 is 11.0 Å². The second-order valence-corrected chi connectivity index (χ2v) is 7.80. The fourth-order valence-electron chi connectivity index (χ4n) is 3.14. The molecule has 3 aromatic carbocycles. The number of anilines is 1. The lowest BCUT2D eigenvalue weighted by molar-refractivity contribution is -0.160. The molecule has 1 N–H and O–H groups in total. The van der Waals surface area contributed by atoms with Crippen LogP contribution in [-0.2, 0) is 4.87 Å². The molecule has 6 heteroatoms. The maximum Gasteiger partial charge on any atom is 0.427 e. The van der Waals surface area contributed by atoms with Crippen LogP contribution < -0.4 is 5.32 Å². The topological polar surface area (TPSA) is 24.4 Å². The summed E-state index contributed by atoms with van der Waals surface area (Å²) in [5.74, 6) is 0.209. The molecule has 0 aliphatic carbocycles. The largest absolute Gasteiger partial charge is 0.427 e. The number of nitrogens with zero attached hydrogens (tertiary/aromatic N) is 1. The Morgan fingerprint density at radius 1 is 0.893 bits per heavy atom. The van der Waals surface area contributed by atoms with Gasteiger partial charge in [0.1, 0.15) is 5.84 Å². The molecular formula is C22H17F3N2S. The average Bonchev–Trinajstić information content (AvgIpc) is 2.68. The summed E-state index contributed by atoms with van der Waals surface area (Å²) in [7, 11) is 0. The Kier molecular flexibility index (Phi) is 4.67. The van der Waals surface area contributed by atoms with Crippen molar-refractivity contribution in [2.45, 2.75) is 22.9 Å². The lowest BCUT2D eigenvalue weighted by Crippen LogP contribution is -2.41. The summed E-state index contributed by atoms with van der Waals surface area (Å²) in [4.78, 5) is 2.40. The van der Waals surface area contributed by atoms with Gasteiger partial charge in [0.05, 0.1) is 0 Å². The Morgan fingerprint density at radius 2 is 1.54 bits per heavy atom. The highest BCUT2D eigenvalue weighted by Crippen LogP contribution is 2.56. The minimum Gasteiger partial charge on any atom is -0.340 e. The number of nitrogens with one attached hydrogen (secondary N) is 1. The fourth-order valence-corrected chi connectivity index (χ4v) is 4.48. The molecule has 1 aliphatic heterocycles. The zero-order valence-corrected chi connectivity index (χ0v) is 15.8. The molecule has 0 spiro atoms. The van der Waals surface area contributed by atoms with E-state index in [9.17, 15) is 13.2 Å². The minimum atomic E-state index is -4.58. The second-order valence-electron chi connectivity index (χ2n) is 6.56. The van der Waals surface area contributed by atoms with Gasteiger partial charge in [-0.2, -0.15) is 13.2 Å². The molecule has 1 aliphatic rings. The Bertz CT molecular complexity index is 1020. The summed E-state index contributed by atoms with van der Waals surface area (Å²) in [6.45, 7) is 1.87. The number of hydrogen-bond acceptors (Lipinski definition) is 3. The molecule has 3 aromatic rings. The molecule has 142 valence electrons. The van der Waals surface area contributed by atoms with Gasteiger partial charge in [-0.15, -0.1) is 0 Å². The van der Waals surface area contributed by atoms with Crippen LogP contribution >= 0.6 is 11.8 Å². The predicted molar refractivity (Wildman–Crippen MR) is 108 cm³/mol. The molecule has 0 radical (unpaired) electrons. The number of rotatable bonds is 2. The van der Waals surface area contributed by atoms with E-state index in [-0.39, 0.29) is 11.4 Å². The van der Waals surface area contributed by atoms with Crippen molar-refractivity contribution in [1.82, 2.24) is 0 Å². The molecule has 1 heterocycles. The van der Waals surface area contributed by atoms with Gasteiger partial charge in [-0.25, -0.2) is 4.99 Å². The van der Waals surface area contributed by atoms with E-state index in [1.165, 1.54) is 12.1 Å². The fraction of sp³-hybridized carbons (Fsp3) is 0.136. The molecule has 1 unspecified atom stereocenters. The van der Waals surface area contributed by atoms with Crippen molar-refractivity contribution in [3.63, 3.8) is 0 Å². The van der Waals surface area contributed by atoms with Crippen molar-refractivity contribution in [3.8, 4) is 0 Å². The SMILES string of the molecule is Cc1ccc2c(c1)SC(c1ccccc1)(C(F)(F)F)N=C2Nc1ccccc1. The molecule has 2 nitrogen and oxygen atoms in total. The Balaban J connectivity index is 1.93. The third-order valence-electron chi connectivity index (χ3n) is 4.50. The number of amidine groups is 1. The number of thioether (sulfide) groups is 1. The smallest absolute Gasteiger partial charge is 0.340 e. The number of aryl methyl sites for hydroxylation is 1. The third kappa shape index (κ3) is 3.29. The van der Waals surface area contributed by atoms with Gasteiger partial charge < -0.3 is 5.32 Å². The van der Waals surface area contributed by atoms with Crippen LogP contribution in [0.1, 0.15) is 16.7 Å². The normalized spacial score (nSPS) is 18.9. The number of alkyl halides is 3. The monoisotopic (exact) mass is 398 g/mol. The molecule has 0 aromatic heterocycles. The number of aliphatic imine (C=N–C) groups is 1. The molecule has 0 amide bonds. The quantitative estimate of drug-likeness (QED) is 0.542. The Morgan fingerprint density at radius 3 is 2.18 bits per heavy atom. The molecule has 1 atom stereocenters. The first-order chi connectivity index (χ1) is 13.4. The highest BCUT2D eigenvalue weighted by atomic mass is 32.2. The van der Waals surface area contributed by atoms with Gasteiger partial charge in [-0.05, 0) is 42.3 Å². The number of fused-ring (bicyclic) bond motifs is 1. The predicted octanol–water partition coefficient (Wildman–Crippen LogP) is 6.37. The molecule has 0 saturated heterocycles. The summed E-state index contributed by atoms with van der Waals surface area (Å²) in [5.41, 5.74) is 2.35. The second kappa shape index (κ2) is 7.02. The van der Waals surface area contributed by atoms with Gasteiger partial charge in [0.2, 0.25) is 4.87 Å². The summed E-state index contributed by atoms with van der Waals surface area (Å²) in [5, 5.41) is 3.09. The summed E-state index contributed by atoms with van der Waals surface area (Å²) in [6.07, 6.45) is -4.58. The standard InChI is InChI=1S/C22H17F3N2S/c1-15-12-13-18-19(14-15)28-21(22(23,24)25,16-8-4-2-5-9-16)27-20(18)26-17-10-6-3-7-11-17/h2-14H,1H3,(H,26,27). The zero-order chi connectivity index (χ0) is 19.8. The first-order valence-electron chi connectivity index (χ1n) is 8.73. The molecule has 28 heavy (non-hydrogen) atoms. The van der Waals surface area contributed by atoms with Gasteiger partial charge in [0, 0.05) is 16.1 Å². The van der Waals surface area contributed by atoms with E-state index in [0.29, 0.717) is 16.1 Å². The first-order valence-corrected chi connectivity index (χ1v) is 9.55. The summed E-state index contributed by atoms with van der Waals surface area (Å²) < 4.78 is 43.3. The zero-order valence-electron chi connectivity index (χ0n) is 15.0. The van der Waals surface area contributed by atoms with E-state index >= 15 is 0 Å². The van der Waals surface area contributed by atoms with Crippen LogP contribution in [0.3, 0.4) is 0 Å². The van der Waals surface area contributed by atoms with E-state index in [0.717, 1.165) is 17.3 Å². The van der Waals surface area contributed by atoms with Crippen LogP contribution in [0.4, 0.5) is 18.9 Å². The lowest BCUT2D eigenvalue weighted by atomic mass is 10.0. The highest BCUT2D eigenvalue weighted by molar-refractivity contribution is 8.00. The van der Waals surface area contributed by atoms with Crippen molar-refractivity contribution in [3.05, 3.63) is 95.6 Å². The van der Waals surface area contributed by atoms with E-state index in [1.54, 1.807) is 36.4 Å². The van der Waals surface area contributed by atoms with Crippen LogP contribution in [0.25, 0.3) is 0 Å². The third-order valence-corrected chi connectivity index (χ3v) is 5.92. The molecule has 4 rings (SSSR count). The molecule has 0 bridgehead atoms. The van der Waals surface area contributed by atoms with Crippen LogP contribution in [0.5, 0.6) is 0 Å². The Hall–Kier alpha value is -2.73. The van der Waals surface area contributed by atoms with Gasteiger partial charge >= 0.3 is 6.18 Å². The van der Waals surface area contributed by atoms with Gasteiger partial charge in [-0.3, -0.25) is 0 Å². The Labute approximate surface area is 165 Å². The van der Waals surface area contributed by atoms with Crippen molar-refractivity contribution in [2.24, 2.45) is 4.99 Å². The number of hydrogen-bond donors (Lipinski definition) is 1.